The second-order valence-corrected chi connectivity index (χ2v) is 9.60. The number of morpholine rings is 1. The number of carbonyl (C=O) groups excluding carboxylic acids is 1. The Hall–Kier alpha value is -1.77. The molecule has 31 heavy (non-hydrogen) atoms. The second-order valence-electron chi connectivity index (χ2n) is 9.60. The van der Waals surface area contributed by atoms with Crippen molar-refractivity contribution in [3.05, 3.63) is 27.4 Å². The summed E-state index contributed by atoms with van der Waals surface area (Å²) in [5.41, 5.74) is 1.81. The van der Waals surface area contributed by atoms with Crippen molar-refractivity contribution in [2.75, 3.05) is 52.5 Å². The number of hydrogen-bond donors (Lipinski definition) is 1. The number of piperidine rings is 1. The van der Waals surface area contributed by atoms with E-state index in [0.717, 1.165) is 88.8 Å². The minimum atomic E-state index is 0.000213. The molecule has 3 aliphatic heterocycles. The molecule has 8 nitrogen and oxygen atoms in total. The zero-order valence-corrected chi connectivity index (χ0v) is 19.2. The molecule has 1 N–H and O–H groups in total. The summed E-state index contributed by atoms with van der Waals surface area (Å²) in [6.07, 6.45) is 2.55. The molecule has 2 saturated heterocycles. The van der Waals surface area contributed by atoms with E-state index >= 15 is 0 Å². The maximum atomic E-state index is 12.9. The topological polar surface area (TPSA) is 81.8 Å². The van der Waals surface area contributed by atoms with Crippen LogP contribution in [0.2, 0.25) is 0 Å². The Morgan fingerprint density at radius 1 is 1.13 bits per heavy atom. The van der Waals surface area contributed by atoms with Crippen LogP contribution in [0.1, 0.15) is 56.6 Å². The summed E-state index contributed by atoms with van der Waals surface area (Å²) in [6.45, 7) is 13.6. The van der Waals surface area contributed by atoms with Gasteiger partial charge in [-0.15, -0.1) is 0 Å². The van der Waals surface area contributed by atoms with E-state index in [1.807, 2.05) is 11.8 Å². The van der Waals surface area contributed by atoms with Gasteiger partial charge in [-0.25, -0.2) is 4.98 Å². The highest BCUT2D eigenvalue weighted by Gasteiger charge is 2.30. The van der Waals surface area contributed by atoms with E-state index in [2.05, 4.69) is 28.6 Å². The summed E-state index contributed by atoms with van der Waals surface area (Å²) in [6, 6.07) is 0.430. The van der Waals surface area contributed by atoms with Crippen molar-refractivity contribution in [3.63, 3.8) is 0 Å². The van der Waals surface area contributed by atoms with Gasteiger partial charge in [0, 0.05) is 70.1 Å². The Morgan fingerprint density at radius 3 is 2.52 bits per heavy atom. The van der Waals surface area contributed by atoms with E-state index < -0.39 is 0 Å². The van der Waals surface area contributed by atoms with Gasteiger partial charge in [0.25, 0.3) is 5.56 Å². The quantitative estimate of drug-likeness (QED) is 0.755. The van der Waals surface area contributed by atoms with E-state index in [0.29, 0.717) is 12.6 Å². The third-order valence-corrected chi connectivity index (χ3v) is 7.10. The van der Waals surface area contributed by atoms with Gasteiger partial charge in [-0.3, -0.25) is 19.4 Å². The number of ether oxygens (including phenoxy) is 1. The number of hydrogen-bond acceptors (Lipinski definition) is 6. The minimum absolute atomic E-state index is 0.000213. The van der Waals surface area contributed by atoms with Crippen LogP contribution in [-0.4, -0.2) is 89.1 Å². The van der Waals surface area contributed by atoms with Crippen LogP contribution in [0.4, 0.5) is 0 Å². The molecule has 0 bridgehead atoms. The molecule has 1 aromatic heterocycles. The van der Waals surface area contributed by atoms with Crippen LogP contribution in [0, 0.1) is 5.92 Å². The molecular formula is C23H37N5O3. The highest BCUT2D eigenvalue weighted by Crippen LogP contribution is 2.27. The number of aromatic nitrogens is 2. The third kappa shape index (κ3) is 5.18. The SMILES string of the molecule is CC(CN1CCOCC1)C(=O)N1CCC(c2nc3c(c(=O)[nH]2)CN(C(C)C)CC3)CC1. The van der Waals surface area contributed by atoms with Crippen LogP contribution >= 0.6 is 0 Å². The van der Waals surface area contributed by atoms with Gasteiger partial charge in [0.1, 0.15) is 5.82 Å². The van der Waals surface area contributed by atoms with E-state index in [1.54, 1.807) is 0 Å². The predicted octanol–water partition coefficient (Wildman–Crippen LogP) is 1.21. The molecule has 8 heteroatoms. The number of aromatic amines is 1. The van der Waals surface area contributed by atoms with Crippen LogP contribution in [0.5, 0.6) is 0 Å². The fourth-order valence-electron chi connectivity index (χ4n) is 5.03. The molecule has 0 aliphatic carbocycles. The van der Waals surface area contributed by atoms with Crippen LogP contribution in [0.15, 0.2) is 4.79 Å². The summed E-state index contributed by atoms with van der Waals surface area (Å²) in [5, 5.41) is 0. The average Bonchev–Trinajstić information content (AvgIpc) is 2.79. The zero-order valence-electron chi connectivity index (χ0n) is 19.2. The van der Waals surface area contributed by atoms with Crippen molar-refractivity contribution in [1.82, 2.24) is 24.7 Å². The molecule has 2 fully saturated rings. The molecule has 0 radical (unpaired) electrons. The largest absolute Gasteiger partial charge is 0.379 e. The number of amides is 1. The number of nitrogens with zero attached hydrogens (tertiary/aromatic N) is 4. The van der Waals surface area contributed by atoms with Gasteiger partial charge in [-0.1, -0.05) is 6.92 Å². The molecular weight excluding hydrogens is 394 g/mol. The van der Waals surface area contributed by atoms with Crippen LogP contribution in [-0.2, 0) is 22.5 Å². The highest BCUT2D eigenvalue weighted by atomic mass is 16.5. The molecule has 0 spiro atoms. The molecule has 1 amide bonds. The fourth-order valence-corrected chi connectivity index (χ4v) is 5.03. The Morgan fingerprint density at radius 2 is 1.84 bits per heavy atom. The molecule has 4 heterocycles. The molecule has 1 unspecified atom stereocenters. The number of likely N-dealkylation sites (tertiary alicyclic amines) is 1. The first-order chi connectivity index (χ1) is 14.9. The monoisotopic (exact) mass is 431 g/mol. The first-order valence-corrected chi connectivity index (χ1v) is 11.9. The number of nitrogens with one attached hydrogen (secondary N) is 1. The summed E-state index contributed by atoms with van der Waals surface area (Å²) < 4.78 is 5.40. The Labute approximate surface area is 185 Å². The lowest BCUT2D eigenvalue weighted by Crippen LogP contribution is -2.46. The lowest BCUT2D eigenvalue weighted by molar-refractivity contribution is -0.137. The van der Waals surface area contributed by atoms with E-state index in [1.165, 1.54) is 0 Å². The average molecular weight is 432 g/mol. The smallest absolute Gasteiger partial charge is 0.255 e. The van der Waals surface area contributed by atoms with Crippen molar-refractivity contribution in [2.24, 2.45) is 5.92 Å². The van der Waals surface area contributed by atoms with Gasteiger partial charge in [-0.2, -0.15) is 0 Å². The van der Waals surface area contributed by atoms with Gasteiger partial charge in [-0.05, 0) is 26.7 Å². The zero-order chi connectivity index (χ0) is 22.0. The lowest BCUT2D eigenvalue weighted by atomic mass is 9.94. The maximum absolute atomic E-state index is 12.9. The molecule has 3 aliphatic rings. The van der Waals surface area contributed by atoms with Crippen molar-refractivity contribution in [3.8, 4) is 0 Å². The molecule has 0 saturated carbocycles. The summed E-state index contributed by atoms with van der Waals surface area (Å²) in [5.74, 6) is 1.28. The summed E-state index contributed by atoms with van der Waals surface area (Å²) >= 11 is 0. The van der Waals surface area contributed by atoms with Gasteiger partial charge in [0.15, 0.2) is 0 Å². The Balaban J connectivity index is 1.34. The first-order valence-electron chi connectivity index (χ1n) is 11.9. The maximum Gasteiger partial charge on any atom is 0.255 e. The van der Waals surface area contributed by atoms with E-state index in [9.17, 15) is 9.59 Å². The Kier molecular flexibility index (Phi) is 7.08. The number of H-pyrrole nitrogens is 1. The van der Waals surface area contributed by atoms with Crippen molar-refractivity contribution in [2.45, 2.75) is 58.5 Å². The number of rotatable bonds is 5. The molecule has 1 atom stereocenters. The standard InChI is InChI=1S/C23H37N5O3/c1-16(2)28-9-6-20-19(15-28)22(29)25-21(24-20)18-4-7-27(8-5-18)23(30)17(3)14-26-10-12-31-13-11-26/h16-18H,4-15H2,1-3H3,(H,24,25,29). The van der Waals surface area contributed by atoms with Gasteiger partial charge < -0.3 is 14.6 Å². The van der Waals surface area contributed by atoms with E-state index in [4.69, 9.17) is 9.72 Å². The summed E-state index contributed by atoms with van der Waals surface area (Å²) in [7, 11) is 0. The minimum Gasteiger partial charge on any atom is -0.379 e. The van der Waals surface area contributed by atoms with Gasteiger partial charge >= 0.3 is 0 Å². The van der Waals surface area contributed by atoms with Crippen molar-refractivity contribution in [1.29, 1.82) is 0 Å². The van der Waals surface area contributed by atoms with E-state index in [-0.39, 0.29) is 23.3 Å². The van der Waals surface area contributed by atoms with Gasteiger partial charge in [0.05, 0.1) is 24.5 Å². The number of carbonyl (C=O) groups is 1. The third-order valence-electron chi connectivity index (χ3n) is 7.10. The number of fused-ring (bicyclic) bond motifs is 1. The fraction of sp³-hybridized carbons (Fsp3) is 0.783. The van der Waals surface area contributed by atoms with Crippen LogP contribution in [0.25, 0.3) is 0 Å². The lowest BCUT2D eigenvalue weighted by Gasteiger charge is -2.35. The molecule has 4 rings (SSSR count). The second kappa shape index (κ2) is 9.79. The van der Waals surface area contributed by atoms with Crippen LogP contribution in [0.3, 0.4) is 0 Å². The van der Waals surface area contributed by atoms with Crippen molar-refractivity contribution < 1.29 is 9.53 Å². The molecule has 0 aromatic carbocycles. The normalized spacial score (nSPS) is 22.5. The molecule has 1 aromatic rings. The summed E-state index contributed by atoms with van der Waals surface area (Å²) in [4.78, 5) is 40.3. The highest BCUT2D eigenvalue weighted by molar-refractivity contribution is 5.78. The Bertz CT molecular complexity index is 825. The van der Waals surface area contributed by atoms with Gasteiger partial charge in [0.2, 0.25) is 5.91 Å². The predicted molar refractivity (Wildman–Crippen MR) is 119 cm³/mol. The van der Waals surface area contributed by atoms with Crippen molar-refractivity contribution >= 4 is 5.91 Å². The first kappa shape index (κ1) is 22.4. The van der Waals surface area contributed by atoms with Crippen LogP contribution < -0.4 is 5.56 Å². The molecule has 172 valence electrons.